The Labute approximate surface area is 175 Å². The predicted molar refractivity (Wildman–Crippen MR) is 107 cm³/mol. The van der Waals surface area contributed by atoms with Crippen molar-refractivity contribution in [3.8, 4) is 5.75 Å². The molecule has 0 N–H and O–H groups in total. The highest BCUT2D eigenvalue weighted by Gasteiger charge is 2.40. The molecule has 2 aromatic rings. The fourth-order valence-corrected chi connectivity index (χ4v) is 4.94. The minimum absolute atomic E-state index is 0.0494. The topological polar surface area (TPSA) is 97.6 Å². The lowest BCUT2D eigenvalue weighted by molar-refractivity contribution is 0.0822. The molecule has 1 saturated heterocycles. The summed E-state index contributed by atoms with van der Waals surface area (Å²) in [5, 5.41) is 7.72. The smallest absolute Gasteiger partial charge is 0.275 e. The van der Waals surface area contributed by atoms with Gasteiger partial charge in [-0.25, -0.2) is 12.8 Å². The number of aromatic nitrogens is 3. The van der Waals surface area contributed by atoms with E-state index in [2.05, 4.69) is 10.3 Å². The number of amides is 1. The molecule has 0 bridgehead atoms. The summed E-state index contributed by atoms with van der Waals surface area (Å²) in [5.74, 6) is 0.267. The van der Waals surface area contributed by atoms with Gasteiger partial charge in [0.15, 0.2) is 5.69 Å². The van der Waals surface area contributed by atoms with Gasteiger partial charge in [-0.1, -0.05) is 12.1 Å². The number of alkyl halides is 1. The fourth-order valence-electron chi connectivity index (χ4n) is 3.29. The molecule has 2 unspecified atom stereocenters. The van der Waals surface area contributed by atoms with Gasteiger partial charge in [0.2, 0.25) is 10.0 Å². The van der Waals surface area contributed by atoms with E-state index >= 15 is 0 Å². The molecule has 1 aromatic carbocycles. The van der Waals surface area contributed by atoms with Crippen molar-refractivity contribution in [3.63, 3.8) is 0 Å². The van der Waals surface area contributed by atoms with Crippen LogP contribution in [-0.4, -0.2) is 78.0 Å². The number of benzene rings is 1. The molecule has 3 rings (SSSR count). The highest BCUT2D eigenvalue weighted by molar-refractivity contribution is 7.89. The molecule has 9 nitrogen and oxygen atoms in total. The van der Waals surface area contributed by atoms with Crippen LogP contribution in [0.25, 0.3) is 0 Å². The minimum Gasteiger partial charge on any atom is -0.494 e. The van der Waals surface area contributed by atoms with Crippen LogP contribution in [0.15, 0.2) is 35.4 Å². The molecule has 0 spiro atoms. The van der Waals surface area contributed by atoms with Crippen molar-refractivity contribution in [2.45, 2.75) is 43.4 Å². The van der Waals surface area contributed by atoms with Gasteiger partial charge < -0.3 is 9.64 Å². The van der Waals surface area contributed by atoms with Crippen molar-refractivity contribution >= 4 is 15.9 Å². The van der Waals surface area contributed by atoms with Gasteiger partial charge in [-0.2, -0.15) is 4.31 Å². The van der Waals surface area contributed by atoms with Gasteiger partial charge in [-0.3, -0.25) is 9.48 Å². The summed E-state index contributed by atoms with van der Waals surface area (Å²) < 4.78 is 48.5. The molecule has 2 heterocycles. The van der Waals surface area contributed by atoms with E-state index in [1.165, 1.54) is 27.9 Å². The number of ether oxygens (including phenoxy) is 1. The molecule has 11 heteroatoms. The largest absolute Gasteiger partial charge is 0.494 e. The Kier molecular flexibility index (Phi) is 6.71. The SMILES string of the molecule is CCCOc1ccc(S(=O)(=O)N2CC(F)CC2Cn2cc(C(=O)N(C)C)nn2)cc1. The van der Waals surface area contributed by atoms with Crippen molar-refractivity contribution in [2.75, 3.05) is 27.2 Å². The van der Waals surface area contributed by atoms with E-state index in [0.717, 1.165) is 10.7 Å². The molecule has 30 heavy (non-hydrogen) atoms. The molecule has 0 radical (unpaired) electrons. The van der Waals surface area contributed by atoms with Crippen molar-refractivity contribution in [2.24, 2.45) is 0 Å². The first-order valence-corrected chi connectivity index (χ1v) is 11.2. The third-order valence-electron chi connectivity index (χ3n) is 4.78. The first-order valence-electron chi connectivity index (χ1n) is 9.73. The third-order valence-corrected chi connectivity index (χ3v) is 6.71. The Morgan fingerprint density at radius 3 is 2.63 bits per heavy atom. The van der Waals surface area contributed by atoms with E-state index in [1.54, 1.807) is 26.2 Å². The molecular weight excluding hydrogens is 413 g/mol. The number of hydrogen-bond donors (Lipinski definition) is 0. The van der Waals surface area contributed by atoms with Gasteiger partial charge in [0, 0.05) is 26.7 Å². The van der Waals surface area contributed by atoms with Crippen LogP contribution >= 0.6 is 0 Å². The molecule has 2 atom stereocenters. The van der Waals surface area contributed by atoms with E-state index in [9.17, 15) is 17.6 Å². The maximum Gasteiger partial charge on any atom is 0.275 e. The zero-order chi connectivity index (χ0) is 21.9. The number of halogens is 1. The van der Waals surface area contributed by atoms with Gasteiger partial charge in [-0.05, 0) is 37.1 Å². The number of carbonyl (C=O) groups excluding carboxylic acids is 1. The summed E-state index contributed by atoms with van der Waals surface area (Å²) in [7, 11) is -0.708. The van der Waals surface area contributed by atoms with E-state index in [0.29, 0.717) is 12.4 Å². The van der Waals surface area contributed by atoms with Crippen LogP contribution in [0.4, 0.5) is 4.39 Å². The summed E-state index contributed by atoms with van der Waals surface area (Å²) in [6, 6.07) is 5.48. The Morgan fingerprint density at radius 2 is 2.00 bits per heavy atom. The predicted octanol–water partition coefficient (Wildman–Crippen LogP) is 1.57. The fraction of sp³-hybridized carbons (Fsp3) is 0.526. The third kappa shape index (κ3) is 4.78. The quantitative estimate of drug-likeness (QED) is 0.619. The molecule has 1 fully saturated rings. The van der Waals surface area contributed by atoms with Crippen LogP contribution in [-0.2, 0) is 16.6 Å². The van der Waals surface area contributed by atoms with Crippen LogP contribution in [0.3, 0.4) is 0 Å². The Hall–Kier alpha value is -2.53. The van der Waals surface area contributed by atoms with E-state index in [4.69, 9.17) is 4.74 Å². The van der Waals surface area contributed by atoms with Crippen molar-refractivity contribution in [1.82, 2.24) is 24.2 Å². The minimum atomic E-state index is -3.90. The molecule has 0 saturated carbocycles. The number of sulfonamides is 1. The maximum absolute atomic E-state index is 14.2. The highest BCUT2D eigenvalue weighted by Crippen LogP contribution is 2.29. The second kappa shape index (κ2) is 9.09. The van der Waals surface area contributed by atoms with Gasteiger partial charge >= 0.3 is 0 Å². The van der Waals surface area contributed by atoms with Crippen LogP contribution in [0.5, 0.6) is 5.75 Å². The first kappa shape index (κ1) is 22.2. The van der Waals surface area contributed by atoms with Crippen molar-refractivity contribution in [1.29, 1.82) is 0 Å². The Bertz CT molecular complexity index is 977. The summed E-state index contributed by atoms with van der Waals surface area (Å²) in [5.41, 5.74) is 0.145. The summed E-state index contributed by atoms with van der Waals surface area (Å²) in [6.45, 7) is 2.40. The number of carbonyl (C=O) groups is 1. The lowest BCUT2D eigenvalue weighted by atomic mass is 10.2. The molecule has 164 valence electrons. The second-order valence-corrected chi connectivity index (χ2v) is 9.30. The lowest BCUT2D eigenvalue weighted by Gasteiger charge is -2.23. The van der Waals surface area contributed by atoms with E-state index in [1.807, 2.05) is 6.92 Å². The Balaban J connectivity index is 1.77. The lowest BCUT2D eigenvalue weighted by Crippen LogP contribution is -2.38. The number of rotatable bonds is 8. The molecular formula is C19H26FN5O4S. The molecule has 1 aliphatic rings. The van der Waals surface area contributed by atoms with E-state index < -0.39 is 22.2 Å². The van der Waals surface area contributed by atoms with Crippen LogP contribution < -0.4 is 4.74 Å². The van der Waals surface area contributed by atoms with Crippen LogP contribution in [0, 0.1) is 0 Å². The average molecular weight is 440 g/mol. The van der Waals surface area contributed by atoms with Crippen molar-refractivity contribution in [3.05, 3.63) is 36.2 Å². The molecule has 0 aliphatic carbocycles. The van der Waals surface area contributed by atoms with Crippen LogP contribution in [0.1, 0.15) is 30.3 Å². The van der Waals surface area contributed by atoms with Crippen molar-refractivity contribution < 1.29 is 22.3 Å². The second-order valence-electron chi connectivity index (χ2n) is 7.41. The number of hydrogen-bond acceptors (Lipinski definition) is 6. The zero-order valence-corrected chi connectivity index (χ0v) is 18.0. The summed E-state index contributed by atoms with van der Waals surface area (Å²) >= 11 is 0. The summed E-state index contributed by atoms with van der Waals surface area (Å²) in [4.78, 5) is 13.4. The Morgan fingerprint density at radius 1 is 1.30 bits per heavy atom. The molecule has 1 aliphatic heterocycles. The van der Waals surface area contributed by atoms with Gasteiger partial charge in [0.1, 0.15) is 11.9 Å². The van der Waals surface area contributed by atoms with Gasteiger partial charge in [0.05, 0.1) is 24.2 Å². The number of nitrogens with zero attached hydrogens (tertiary/aromatic N) is 5. The standard InChI is InChI=1S/C19H26FN5O4S/c1-4-9-29-16-5-7-17(8-6-16)30(27,28)25-11-14(20)10-15(25)12-24-13-18(21-22-24)19(26)23(2)3/h5-8,13-15H,4,9-12H2,1-3H3. The first-order chi connectivity index (χ1) is 14.2. The molecule has 1 aromatic heterocycles. The normalized spacial score (nSPS) is 19.7. The maximum atomic E-state index is 14.2. The average Bonchev–Trinajstić information content (AvgIpc) is 3.33. The summed E-state index contributed by atoms with van der Waals surface area (Å²) in [6.07, 6.45) is 1.06. The zero-order valence-electron chi connectivity index (χ0n) is 17.2. The van der Waals surface area contributed by atoms with E-state index in [-0.39, 0.29) is 36.0 Å². The molecule has 1 amide bonds. The monoisotopic (exact) mass is 439 g/mol. The van der Waals surface area contributed by atoms with Gasteiger partial charge in [0.25, 0.3) is 5.91 Å². The van der Waals surface area contributed by atoms with Crippen LogP contribution in [0.2, 0.25) is 0 Å². The highest BCUT2D eigenvalue weighted by atomic mass is 32.2. The van der Waals surface area contributed by atoms with Gasteiger partial charge in [-0.15, -0.1) is 5.10 Å².